The van der Waals surface area contributed by atoms with Gasteiger partial charge in [0, 0.05) is 29.4 Å². The summed E-state index contributed by atoms with van der Waals surface area (Å²) in [6.07, 6.45) is 5.05. The monoisotopic (exact) mass is 455 g/mol. The van der Waals surface area contributed by atoms with Gasteiger partial charge in [-0.25, -0.2) is 4.98 Å². The van der Waals surface area contributed by atoms with Crippen LogP contribution in [0.3, 0.4) is 0 Å². The molecule has 0 bridgehead atoms. The molecule has 0 fully saturated rings. The number of aryl methyl sites for hydroxylation is 1. The first-order valence-corrected chi connectivity index (χ1v) is 10.3. The number of aromatic nitrogens is 8. The van der Waals surface area contributed by atoms with Gasteiger partial charge in [-0.05, 0) is 24.3 Å². The van der Waals surface area contributed by atoms with E-state index in [-0.39, 0.29) is 16.1 Å². The second kappa shape index (κ2) is 7.01. The van der Waals surface area contributed by atoms with Crippen molar-refractivity contribution in [3.63, 3.8) is 0 Å². The number of fused-ring (bicyclic) bond motifs is 4. The number of hydrogen-bond donors (Lipinski definition) is 1. The summed E-state index contributed by atoms with van der Waals surface area (Å²) in [5, 5.41) is 27.8. The molecular formula is C22H14ClN9O. The van der Waals surface area contributed by atoms with Crippen LogP contribution in [0.5, 0.6) is 0 Å². The predicted octanol–water partition coefficient (Wildman–Crippen LogP) is 2.92. The van der Waals surface area contributed by atoms with Crippen LogP contribution in [0.25, 0.3) is 38.4 Å². The molecule has 0 radical (unpaired) electrons. The van der Waals surface area contributed by atoms with Gasteiger partial charge in [0.25, 0.3) is 5.56 Å². The van der Waals surface area contributed by atoms with Gasteiger partial charge in [-0.3, -0.25) is 23.8 Å². The minimum atomic E-state index is -0.306. The Bertz CT molecular complexity index is 1820. The van der Waals surface area contributed by atoms with Crippen molar-refractivity contribution < 1.29 is 0 Å². The summed E-state index contributed by atoms with van der Waals surface area (Å²) in [6, 6.07) is 11.0. The summed E-state index contributed by atoms with van der Waals surface area (Å²) in [5.41, 5.74) is 2.28. The van der Waals surface area contributed by atoms with Gasteiger partial charge in [0.2, 0.25) is 0 Å². The zero-order valence-electron chi connectivity index (χ0n) is 17.2. The molecule has 0 aliphatic heterocycles. The molecule has 10 nitrogen and oxygen atoms in total. The van der Waals surface area contributed by atoms with Crippen molar-refractivity contribution in [2.75, 3.05) is 0 Å². The molecule has 0 unspecified atom stereocenters. The van der Waals surface area contributed by atoms with Crippen molar-refractivity contribution in [2.45, 2.75) is 6.54 Å². The number of nitrogens with zero attached hydrogens (tertiary/aromatic N) is 8. The Labute approximate surface area is 190 Å². The molecule has 4 heterocycles. The van der Waals surface area contributed by atoms with Gasteiger partial charge in [0.1, 0.15) is 18.9 Å². The van der Waals surface area contributed by atoms with Gasteiger partial charge < -0.3 is 0 Å². The van der Waals surface area contributed by atoms with E-state index in [1.807, 2.05) is 18.2 Å². The number of benzene rings is 2. The van der Waals surface area contributed by atoms with Crippen molar-refractivity contribution in [1.29, 1.82) is 5.26 Å². The van der Waals surface area contributed by atoms with Crippen molar-refractivity contribution in [1.82, 2.24) is 39.3 Å². The maximum Gasteiger partial charge on any atom is 0.284 e. The number of pyridine rings is 1. The number of halogens is 1. The molecule has 0 atom stereocenters. The van der Waals surface area contributed by atoms with Gasteiger partial charge in [-0.1, -0.05) is 17.7 Å². The van der Waals surface area contributed by atoms with E-state index in [4.69, 9.17) is 11.6 Å². The third kappa shape index (κ3) is 2.90. The summed E-state index contributed by atoms with van der Waals surface area (Å²) >= 11 is 6.38. The third-order valence-electron chi connectivity index (χ3n) is 5.56. The third-order valence-corrected chi connectivity index (χ3v) is 5.87. The van der Waals surface area contributed by atoms with Gasteiger partial charge in [0.05, 0.1) is 33.5 Å². The maximum absolute atomic E-state index is 13.8. The number of rotatable bonds is 3. The van der Waals surface area contributed by atoms with E-state index < -0.39 is 0 Å². The molecule has 160 valence electrons. The normalized spacial score (nSPS) is 11.5. The Kier molecular flexibility index (Phi) is 4.08. The minimum absolute atomic E-state index is 0.266. The van der Waals surface area contributed by atoms with Crippen molar-refractivity contribution in [2.24, 2.45) is 7.05 Å². The Hall–Kier alpha value is -4.49. The Morgan fingerprint density at radius 3 is 2.85 bits per heavy atom. The van der Waals surface area contributed by atoms with Gasteiger partial charge in [-0.15, -0.1) is 0 Å². The molecule has 1 N–H and O–H groups in total. The highest BCUT2D eigenvalue weighted by atomic mass is 35.5. The standard InChI is InChI=1S/C22H14ClN9O/c1-30-11-25-20(28-30)10-31-9-15-13-5-12(7-24)16(23)6-19(13)32(22(33)21(15)29-31)18-4-2-3-17-14(18)8-26-27-17/h2-6,8-9,11H,10H2,1H3,(H,26,27). The Balaban J connectivity index is 1.71. The van der Waals surface area contributed by atoms with Crippen LogP contribution in [0.4, 0.5) is 0 Å². The minimum Gasteiger partial charge on any atom is -0.278 e. The van der Waals surface area contributed by atoms with E-state index >= 15 is 0 Å². The number of hydrogen-bond acceptors (Lipinski definition) is 6. The lowest BCUT2D eigenvalue weighted by Crippen LogP contribution is -2.20. The lowest BCUT2D eigenvalue weighted by Gasteiger charge is -2.13. The molecule has 2 aromatic carbocycles. The zero-order chi connectivity index (χ0) is 22.7. The fourth-order valence-electron chi connectivity index (χ4n) is 4.11. The van der Waals surface area contributed by atoms with Crippen LogP contribution in [0, 0.1) is 11.3 Å². The molecule has 6 aromatic rings. The Morgan fingerprint density at radius 2 is 2.06 bits per heavy atom. The first-order chi connectivity index (χ1) is 16.0. The molecule has 0 saturated heterocycles. The van der Waals surface area contributed by atoms with Crippen LogP contribution in [-0.4, -0.2) is 39.3 Å². The summed E-state index contributed by atoms with van der Waals surface area (Å²) in [4.78, 5) is 18.0. The highest BCUT2D eigenvalue weighted by Crippen LogP contribution is 2.31. The van der Waals surface area contributed by atoms with Crippen LogP contribution >= 0.6 is 11.6 Å². The first-order valence-electron chi connectivity index (χ1n) is 9.96. The van der Waals surface area contributed by atoms with E-state index in [2.05, 4.69) is 31.4 Å². The highest BCUT2D eigenvalue weighted by Gasteiger charge is 2.19. The average Bonchev–Trinajstić information content (AvgIpc) is 3.54. The van der Waals surface area contributed by atoms with Crippen LogP contribution in [0.2, 0.25) is 5.02 Å². The van der Waals surface area contributed by atoms with E-state index in [1.54, 1.807) is 51.8 Å². The smallest absolute Gasteiger partial charge is 0.278 e. The summed E-state index contributed by atoms with van der Waals surface area (Å²) < 4.78 is 4.80. The summed E-state index contributed by atoms with van der Waals surface area (Å²) in [7, 11) is 1.78. The fraction of sp³-hybridized carbons (Fsp3) is 0.0909. The van der Waals surface area contributed by atoms with E-state index in [0.29, 0.717) is 39.9 Å². The summed E-state index contributed by atoms with van der Waals surface area (Å²) in [6.45, 7) is 0.298. The molecular weight excluding hydrogens is 442 g/mol. The largest absolute Gasteiger partial charge is 0.284 e. The quantitative estimate of drug-likeness (QED) is 0.437. The molecule has 6 rings (SSSR count). The number of nitrogens with one attached hydrogen (secondary N) is 1. The lowest BCUT2D eigenvalue weighted by atomic mass is 10.1. The van der Waals surface area contributed by atoms with Crippen LogP contribution in [0.1, 0.15) is 11.4 Å². The molecule has 0 saturated carbocycles. The number of aromatic amines is 1. The van der Waals surface area contributed by atoms with Gasteiger partial charge in [-0.2, -0.15) is 20.6 Å². The molecule has 0 aliphatic rings. The second-order valence-electron chi connectivity index (χ2n) is 7.63. The molecule has 0 spiro atoms. The van der Waals surface area contributed by atoms with Crippen LogP contribution in [0.15, 0.2) is 53.8 Å². The number of nitriles is 1. The zero-order valence-corrected chi connectivity index (χ0v) is 17.9. The second-order valence-corrected chi connectivity index (χ2v) is 8.04. The topological polar surface area (TPSA) is 123 Å². The maximum atomic E-state index is 13.8. The predicted molar refractivity (Wildman–Crippen MR) is 122 cm³/mol. The van der Waals surface area contributed by atoms with Crippen molar-refractivity contribution >= 4 is 44.3 Å². The first kappa shape index (κ1) is 19.2. The SMILES string of the molecule is Cn1cnc(Cn2cc3c(n2)c(=O)n(-c2cccc4[nH]ncc24)c2cc(Cl)c(C#N)cc32)n1. The molecule has 4 aromatic heterocycles. The van der Waals surface area contributed by atoms with Crippen LogP contribution in [-0.2, 0) is 13.6 Å². The van der Waals surface area contributed by atoms with E-state index in [1.165, 1.54) is 0 Å². The van der Waals surface area contributed by atoms with Crippen molar-refractivity contribution in [3.05, 3.63) is 75.8 Å². The number of H-pyrrole nitrogens is 1. The Morgan fingerprint density at radius 1 is 1.18 bits per heavy atom. The molecule has 33 heavy (non-hydrogen) atoms. The molecule has 11 heteroatoms. The molecule has 0 amide bonds. The molecule has 0 aliphatic carbocycles. The van der Waals surface area contributed by atoms with E-state index in [0.717, 1.165) is 10.9 Å². The van der Waals surface area contributed by atoms with Crippen LogP contribution < -0.4 is 5.56 Å². The average molecular weight is 456 g/mol. The highest BCUT2D eigenvalue weighted by molar-refractivity contribution is 6.32. The summed E-state index contributed by atoms with van der Waals surface area (Å²) in [5.74, 6) is 0.568. The van der Waals surface area contributed by atoms with Gasteiger partial charge in [0.15, 0.2) is 11.3 Å². The van der Waals surface area contributed by atoms with Crippen molar-refractivity contribution in [3.8, 4) is 11.8 Å². The van der Waals surface area contributed by atoms with E-state index in [9.17, 15) is 10.1 Å². The van der Waals surface area contributed by atoms with Gasteiger partial charge >= 0.3 is 0 Å². The lowest BCUT2D eigenvalue weighted by molar-refractivity contribution is 0.648. The fourth-order valence-corrected chi connectivity index (χ4v) is 4.31.